The number of aromatic nitrogens is 2. The van der Waals surface area contributed by atoms with E-state index >= 15 is 0 Å². The molecule has 0 aliphatic rings. The van der Waals surface area contributed by atoms with Crippen LogP contribution in [0.1, 0.15) is 23.9 Å². The molecule has 0 aliphatic carbocycles. The van der Waals surface area contributed by atoms with Gasteiger partial charge in [0.25, 0.3) is 0 Å². The van der Waals surface area contributed by atoms with Gasteiger partial charge in [0, 0.05) is 20.0 Å². The van der Waals surface area contributed by atoms with E-state index in [0.29, 0.717) is 6.42 Å². The Balaban J connectivity index is 2.04. The fourth-order valence-corrected chi connectivity index (χ4v) is 2.54. The Morgan fingerprint density at radius 3 is 2.61 bits per heavy atom. The Morgan fingerprint density at radius 2 is 1.94 bits per heavy atom. The minimum absolute atomic E-state index is 0.209. The molecular formula is C13H16FN3S. The minimum Gasteiger partial charge on any atom is -0.350 e. The summed E-state index contributed by atoms with van der Waals surface area (Å²) in [6, 6.07) is 6.51. The zero-order valence-corrected chi connectivity index (χ0v) is 11.4. The van der Waals surface area contributed by atoms with Crippen LogP contribution < -0.4 is 4.90 Å². The summed E-state index contributed by atoms with van der Waals surface area (Å²) in [4.78, 5) is 2.10. The molecule has 0 unspecified atom stereocenters. The first-order valence-electron chi connectivity index (χ1n) is 5.97. The van der Waals surface area contributed by atoms with Crippen LogP contribution in [0.15, 0.2) is 24.3 Å². The summed E-state index contributed by atoms with van der Waals surface area (Å²) >= 11 is 1.59. The number of anilines is 1. The Bertz CT molecular complexity index is 495. The molecule has 96 valence electrons. The topological polar surface area (TPSA) is 29.0 Å². The molecule has 1 aromatic carbocycles. The van der Waals surface area contributed by atoms with E-state index in [2.05, 4.69) is 22.0 Å². The van der Waals surface area contributed by atoms with Crippen LogP contribution in [-0.4, -0.2) is 23.8 Å². The van der Waals surface area contributed by atoms with Gasteiger partial charge in [0.1, 0.15) is 10.8 Å². The van der Waals surface area contributed by atoms with Crippen molar-refractivity contribution in [1.29, 1.82) is 0 Å². The summed E-state index contributed by atoms with van der Waals surface area (Å²) < 4.78 is 12.8. The van der Waals surface area contributed by atoms with Crippen molar-refractivity contribution in [3.63, 3.8) is 0 Å². The molecular weight excluding hydrogens is 249 g/mol. The summed E-state index contributed by atoms with van der Waals surface area (Å²) in [6.45, 7) is 3.11. The molecule has 18 heavy (non-hydrogen) atoms. The summed E-state index contributed by atoms with van der Waals surface area (Å²) in [5.41, 5.74) is 1.05. The van der Waals surface area contributed by atoms with Crippen LogP contribution in [0.2, 0.25) is 0 Å². The van der Waals surface area contributed by atoms with Gasteiger partial charge in [-0.2, -0.15) is 0 Å². The van der Waals surface area contributed by atoms with Crippen molar-refractivity contribution in [3.8, 4) is 0 Å². The van der Waals surface area contributed by atoms with Gasteiger partial charge in [0.05, 0.1) is 0 Å². The minimum atomic E-state index is -0.209. The molecule has 0 saturated heterocycles. The molecule has 5 heteroatoms. The highest BCUT2D eigenvalue weighted by Gasteiger charge is 2.08. The quantitative estimate of drug-likeness (QED) is 0.831. The van der Waals surface area contributed by atoms with E-state index in [-0.39, 0.29) is 5.82 Å². The number of nitrogens with zero attached hydrogens (tertiary/aromatic N) is 3. The van der Waals surface area contributed by atoms with Crippen molar-refractivity contribution < 1.29 is 4.39 Å². The van der Waals surface area contributed by atoms with Gasteiger partial charge >= 0.3 is 0 Å². The van der Waals surface area contributed by atoms with Crippen molar-refractivity contribution in [2.45, 2.75) is 19.8 Å². The summed E-state index contributed by atoms with van der Waals surface area (Å²) in [5.74, 6) is -0.209. The second-order valence-corrected chi connectivity index (χ2v) is 5.24. The number of rotatable bonds is 5. The van der Waals surface area contributed by atoms with Crippen molar-refractivity contribution in [1.82, 2.24) is 10.2 Å². The zero-order valence-electron chi connectivity index (χ0n) is 10.6. The third-order valence-electron chi connectivity index (χ3n) is 2.61. The average Bonchev–Trinajstić information content (AvgIpc) is 2.81. The molecule has 0 bridgehead atoms. The molecule has 0 spiro atoms. The van der Waals surface area contributed by atoms with E-state index in [1.807, 2.05) is 7.05 Å². The van der Waals surface area contributed by atoms with Gasteiger partial charge in [-0.15, -0.1) is 10.2 Å². The first kappa shape index (κ1) is 13.0. The van der Waals surface area contributed by atoms with Gasteiger partial charge in [-0.3, -0.25) is 0 Å². The second kappa shape index (κ2) is 5.91. The second-order valence-electron chi connectivity index (χ2n) is 4.20. The van der Waals surface area contributed by atoms with Gasteiger partial charge in [-0.25, -0.2) is 4.39 Å². The highest BCUT2D eigenvalue weighted by molar-refractivity contribution is 7.15. The fourth-order valence-electron chi connectivity index (χ4n) is 1.68. The lowest BCUT2D eigenvalue weighted by Gasteiger charge is -2.12. The highest BCUT2D eigenvalue weighted by atomic mass is 32.1. The van der Waals surface area contributed by atoms with E-state index in [1.54, 1.807) is 23.5 Å². The molecule has 2 rings (SSSR count). The summed E-state index contributed by atoms with van der Waals surface area (Å²) in [6.07, 6.45) is 1.79. The number of benzene rings is 1. The Kier molecular flexibility index (Phi) is 4.25. The van der Waals surface area contributed by atoms with Crippen molar-refractivity contribution in [2.24, 2.45) is 0 Å². The maximum Gasteiger partial charge on any atom is 0.208 e. The maximum atomic E-state index is 12.8. The monoisotopic (exact) mass is 265 g/mol. The van der Waals surface area contributed by atoms with Crippen LogP contribution in [-0.2, 0) is 6.42 Å². The van der Waals surface area contributed by atoms with E-state index in [1.165, 1.54) is 12.1 Å². The van der Waals surface area contributed by atoms with Gasteiger partial charge in [-0.05, 0) is 24.1 Å². The first-order chi connectivity index (χ1) is 8.69. The first-order valence-corrected chi connectivity index (χ1v) is 6.78. The van der Waals surface area contributed by atoms with Crippen LogP contribution in [0.5, 0.6) is 0 Å². The Morgan fingerprint density at radius 1 is 1.22 bits per heavy atom. The normalized spacial score (nSPS) is 10.6. The van der Waals surface area contributed by atoms with Crippen LogP contribution in [0.3, 0.4) is 0 Å². The zero-order chi connectivity index (χ0) is 13.0. The lowest BCUT2D eigenvalue weighted by atomic mass is 10.2. The molecule has 1 heterocycles. The van der Waals surface area contributed by atoms with Crippen molar-refractivity contribution in [2.75, 3.05) is 18.5 Å². The van der Waals surface area contributed by atoms with Gasteiger partial charge in [-0.1, -0.05) is 30.4 Å². The molecule has 2 aromatic rings. The molecule has 1 aromatic heterocycles. The average molecular weight is 265 g/mol. The molecule has 0 amide bonds. The van der Waals surface area contributed by atoms with Crippen LogP contribution >= 0.6 is 11.3 Å². The Labute approximate surface area is 110 Å². The van der Waals surface area contributed by atoms with Crippen LogP contribution in [0.4, 0.5) is 9.52 Å². The largest absolute Gasteiger partial charge is 0.350 e. The third-order valence-corrected chi connectivity index (χ3v) is 3.65. The molecule has 0 aliphatic heterocycles. The number of hydrogen-bond acceptors (Lipinski definition) is 4. The van der Waals surface area contributed by atoms with E-state index in [4.69, 9.17) is 0 Å². The lowest BCUT2D eigenvalue weighted by molar-refractivity contribution is 0.627. The number of hydrogen-bond donors (Lipinski definition) is 0. The highest BCUT2D eigenvalue weighted by Crippen LogP contribution is 2.21. The molecule has 0 radical (unpaired) electrons. The molecule has 0 fully saturated rings. The van der Waals surface area contributed by atoms with E-state index in [0.717, 1.165) is 28.7 Å². The van der Waals surface area contributed by atoms with Gasteiger partial charge < -0.3 is 4.90 Å². The predicted molar refractivity (Wildman–Crippen MR) is 72.7 cm³/mol. The lowest BCUT2D eigenvalue weighted by Crippen LogP contribution is -2.17. The van der Waals surface area contributed by atoms with Crippen LogP contribution in [0.25, 0.3) is 0 Å². The van der Waals surface area contributed by atoms with Crippen molar-refractivity contribution in [3.05, 3.63) is 40.7 Å². The molecule has 3 nitrogen and oxygen atoms in total. The summed E-state index contributed by atoms with van der Waals surface area (Å²) in [7, 11) is 2.02. The third kappa shape index (κ3) is 3.26. The van der Waals surface area contributed by atoms with Crippen LogP contribution in [0, 0.1) is 5.82 Å². The smallest absolute Gasteiger partial charge is 0.208 e. The number of halogens is 1. The maximum absolute atomic E-state index is 12.8. The Hall–Kier alpha value is -1.49. The van der Waals surface area contributed by atoms with Gasteiger partial charge in [0.15, 0.2) is 0 Å². The fraction of sp³-hybridized carbons (Fsp3) is 0.385. The molecule has 0 N–H and O–H groups in total. The predicted octanol–water partition coefficient (Wildman–Crippen LogP) is 3.11. The molecule has 0 saturated carbocycles. The van der Waals surface area contributed by atoms with Gasteiger partial charge in [0.2, 0.25) is 5.13 Å². The van der Waals surface area contributed by atoms with E-state index < -0.39 is 0 Å². The van der Waals surface area contributed by atoms with E-state index in [9.17, 15) is 4.39 Å². The SMILES string of the molecule is CCCN(C)c1nnc(Cc2ccc(F)cc2)s1. The molecule has 0 atom stereocenters. The van der Waals surface area contributed by atoms with Crippen molar-refractivity contribution >= 4 is 16.5 Å². The standard InChI is InChI=1S/C13H16FN3S/c1-3-8-17(2)13-16-15-12(18-13)9-10-4-6-11(14)7-5-10/h4-7H,3,8-9H2,1-2H3. The summed E-state index contributed by atoms with van der Waals surface area (Å²) in [5, 5.41) is 10.2.